The number of halogens is 1. The highest BCUT2D eigenvalue weighted by atomic mass is 79.9. The lowest BCUT2D eigenvalue weighted by Gasteiger charge is -2.35. The van der Waals surface area contributed by atoms with Gasteiger partial charge in [0.05, 0.1) is 5.92 Å². The van der Waals surface area contributed by atoms with Gasteiger partial charge in [-0.25, -0.2) is 0 Å². The minimum absolute atomic E-state index is 0.0244. The smallest absolute Gasteiger partial charge is 0.250 e. The van der Waals surface area contributed by atoms with Gasteiger partial charge in [-0.1, -0.05) is 52.3 Å². The van der Waals surface area contributed by atoms with E-state index in [4.69, 9.17) is 0 Å². The van der Waals surface area contributed by atoms with Gasteiger partial charge >= 0.3 is 0 Å². The first-order chi connectivity index (χ1) is 18.5. The zero-order chi connectivity index (χ0) is 26.2. The molecule has 6 nitrogen and oxygen atoms in total. The molecule has 4 aromatic rings. The summed E-state index contributed by atoms with van der Waals surface area (Å²) in [5.41, 5.74) is 4.55. The summed E-state index contributed by atoms with van der Waals surface area (Å²) in [6, 6.07) is 20.9. The van der Waals surface area contributed by atoms with Crippen LogP contribution in [0, 0.1) is 5.92 Å². The highest BCUT2D eigenvalue weighted by molar-refractivity contribution is 9.10. The molecule has 2 aliphatic rings. The molecule has 6 rings (SSSR count). The van der Waals surface area contributed by atoms with Crippen molar-refractivity contribution in [3.05, 3.63) is 105 Å². The van der Waals surface area contributed by atoms with Gasteiger partial charge in [-0.05, 0) is 66.6 Å². The number of nitrogens with zero attached hydrogens (tertiary/aromatic N) is 3. The normalized spacial score (nSPS) is 19.5. The van der Waals surface area contributed by atoms with Crippen LogP contribution in [0.15, 0.2) is 82.3 Å². The van der Waals surface area contributed by atoms with Crippen molar-refractivity contribution in [2.24, 2.45) is 13.0 Å². The summed E-state index contributed by atoms with van der Waals surface area (Å²) < 4.78 is 4.93. The van der Waals surface area contributed by atoms with Gasteiger partial charge in [-0.3, -0.25) is 9.59 Å². The summed E-state index contributed by atoms with van der Waals surface area (Å²) in [6.45, 7) is 2.88. The molecule has 3 heterocycles. The molecular weight excluding hydrogens is 540 g/mol. The Morgan fingerprint density at radius 2 is 1.89 bits per heavy atom. The number of nitrogens with one attached hydrogen (secondary N) is 1. The van der Waals surface area contributed by atoms with Gasteiger partial charge in [-0.15, -0.1) is 0 Å². The second kappa shape index (κ2) is 10.5. The van der Waals surface area contributed by atoms with Crippen LogP contribution in [-0.4, -0.2) is 39.1 Å². The van der Waals surface area contributed by atoms with Crippen LogP contribution < -0.4 is 10.9 Å². The predicted molar refractivity (Wildman–Crippen MR) is 154 cm³/mol. The summed E-state index contributed by atoms with van der Waals surface area (Å²) in [5.74, 6) is 0.0731. The molecule has 1 saturated heterocycles. The third-order valence-corrected chi connectivity index (χ3v) is 8.58. The molecule has 1 aliphatic heterocycles. The second-order valence-electron chi connectivity index (χ2n) is 10.7. The van der Waals surface area contributed by atoms with E-state index >= 15 is 0 Å². The molecular formula is C31H33BrN4O2. The van der Waals surface area contributed by atoms with E-state index in [9.17, 15) is 9.59 Å². The van der Waals surface area contributed by atoms with E-state index < -0.39 is 0 Å². The molecule has 1 saturated carbocycles. The Kier molecular flexibility index (Phi) is 6.97. The molecule has 7 heteroatoms. The van der Waals surface area contributed by atoms with Crippen LogP contribution in [0.5, 0.6) is 0 Å². The van der Waals surface area contributed by atoms with Gasteiger partial charge in [-0.2, -0.15) is 0 Å². The first-order valence-electron chi connectivity index (χ1n) is 13.5. The number of fused-ring (bicyclic) bond motifs is 1. The van der Waals surface area contributed by atoms with E-state index in [1.165, 1.54) is 22.0 Å². The third-order valence-electron chi connectivity index (χ3n) is 8.09. The Balaban J connectivity index is 1.32. The molecule has 0 spiro atoms. The predicted octanol–water partition coefficient (Wildman–Crippen LogP) is 5.04. The molecule has 38 heavy (non-hydrogen) atoms. The first-order valence-corrected chi connectivity index (χ1v) is 14.3. The number of carbonyl (C=O) groups excluding carboxylic acids is 1. The molecule has 0 unspecified atom stereocenters. The molecule has 2 aromatic heterocycles. The molecule has 0 radical (unpaired) electrons. The molecule has 196 valence electrons. The van der Waals surface area contributed by atoms with Gasteiger partial charge in [0.1, 0.15) is 0 Å². The average Bonchev–Trinajstić information content (AvgIpc) is 3.72. The molecule has 2 fully saturated rings. The number of amides is 1. The molecule has 1 amide bonds. The number of benzene rings is 2. The van der Waals surface area contributed by atoms with E-state index in [0.29, 0.717) is 13.1 Å². The SMILES string of the molecule is Cn1ccc([C@@H]2CCNC[C@H]2C(=O)N(Cc2cn(Cc3ccccc3)c3cc(Br)ccc23)C2CC2)cc1=O. The van der Waals surface area contributed by atoms with Gasteiger partial charge in [0.15, 0.2) is 0 Å². The first kappa shape index (κ1) is 25.1. The van der Waals surface area contributed by atoms with Crippen molar-refractivity contribution in [3.63, 3.8) is 0 Å². The number of rotatable bonds is 7. The lowest BCUT2D eigenvalue weighted by Crippen LogP contribution is -2.47. The topological polar surface area (TPSA) is 59.3 Å². The number of hydrogen-bond acceptors (Lipinski definition) is 3. The highest BCUT2D eigenvalue weighted by Crippen LogP contribution is 2.37. The maximum Gasteiger partial charge on any atom is 0.250 e. The summed E-state index contributed by atoms with van der Waals surface area (Å²) in [7, 11) is 1.76. The van der Waals surface area contributed by atoms with E-state index in [-0.39, 0.29) is 29.3 Å². The van der Waals surface area contributed by atoms with Crippen molar-refractivity contribution in [2.75, 3.05) is 13.1 Å². The molecule has 1 aliphatic carbocycles. The Bertz CT molecular complexity index is 1520. The fourth-order valence-electron chi connectivity index (χ4n) is 5.86. The number of aromatic nitrogens is 2. The van der Waals surface area contributed by atoms with Crippen LogP contribution in [0.3, 0.4) is 0 Å². The lowest BCUT2D eigenvalue weighted by atomic mass is 9.80. The number of hydrogen-bond donors (Lipinski definition) is 1. The monoisotopic (exact) mass is 572 g/mol. The number of piperidine rings is 1. The summed E-state index contributed by atoms with van der Waals surface area (Å²) in [5, 5.41) is 4.63. The van der Waals surface area contributed by atoms with E-state index in [1.807, 2.05) is 18.3 Å². The van der Waals surface area contributed by atoms with Gasteiger partial charge in [0, 0.05) is 66.6 Å². The lowest BCUT2D eigenvalue weighted by molar-refractivity contribution is -0.138. The number of aryl methyl sites for hydroxylation is 1. The van der Waals surface area contributed by atoms with Crippen LogP contribution in [-0.2, 0) is 24.9 Å². The number of carbonyl (C=O) groups is 1. The van der Waals surface area contributed by atoms with Crippen molar-refractivity contribution < 1.29 is 4.79 Å². The standard InChI is InChI=1S/C31H33BrN4O2/c1-34-14-12-22(15-30(34)37)26-11-13-33-17-28(26)31(38)36(25-8-9-25)20-23-19-35(18-21-5-3-2-4-6-21)29-16-24(32)7-10-27(23)29/h2-7,10,12,14-16,19,25-26,28,33H,8-9,11,13,17-18,20H2,1H3/t26-,28+/m0/s1. The summed E-state index contributed by atoms with van der Waals surface area (Å²) in [6.07, 6.45) is 7.00. The Morgan fingerprint density at radius 1 is 1.08 bits per heavy atom. The van der Waals surface area contributed by atoms with Crippen LogP contribution in [0.1, 0.15) is 41.9 Å². The van der Waals surface area contributed by atoms with Crippen molar-refractivity contribution >= 4 is 32.7 Å². The minimum Gasteiger partial charge on any atom is -0.343 e. The molecule has 0 bridgehead atoms. The fraction of sp³-hybridized carbons (Fsp3) is 0.355. The van der Waals surface area contributed by atoms with Crippen molar-refractivity contribution in [1.29, 1.82) is 0 Å². The zero-order valence-electron chi connectivity index (χ0n) is 21.6. The molecule has 2 atom stereocenters. The van der Waals surface area contributed by atoms with Crippen LogP contribution in [0.2, 0.25) is 0 Å². The average molecular weight is 574 g/mol. The molecule has 1 N–H and O–H groups in total. The third kappa shape index (κ3) is 5.09. The van der Waals surface area contributed by atoms with Crippen molar-refractivity contribution in [1.82, 2.24) is 19.4 Å². The maximum atomic E-state index is 14.2. The van der Waals surface area contributed by atoms with Crippen molar-refractivity contribution in [2.45, 2.75) is 44.3 Å². The van der Waals surface area contributed by atoms with E-state index in [2.05, 4.69) is 79.4 Å². The molecule has 2 aromatic carbocycles. The van der Waals surface area contributed by atoms with Gasteiger partial charge in [0.2, 0.25) is 5.91 Å². The Labute approximate surface area is 231 Å². The van der Waals surface area contributed by atoms with Crippen molar-refractivity contribution in [3.8, 4) is 0 Å². The summed E-state index contributed by atoms with van der Waals surface area (Å²) >= 11 is 3.65. The Morgan fingerprint density at radius 3 is 2.66 bits per heavy atom. The van der Waals surface area contributed by atoms with Gasteiger partial charge < -0.3 is 19.4 Å². The van der Waals surface area contributed by atoms with Gasteiger partial charge in [0.25, 0.3) is 5.56 Å². The summed E-state index contributed by atoms with van der Waals surface area (Å²) in [4.78, 5) is 28.7. The quantitative estimate of drug-likeness (QED) is 0.337. The van der Waals surface area contributed by atoms with Crippen LogP contribution in [0.4, 0.5) is 0 Å². The maximum absolute atomic E-state index is 14.2. The largest absolute Gasteiger partial charge is 0.343 e. The van der Waals surface area contributed by atoms with E-state index in [1.54, 1.807) is 17.7 Å². The number of pyridine rings is 1. The zero-order valence-corrected chi connectivity index (χ0v) is 23.2. The second-order valence-corrected chi connectivity index (χ2v) is 11.7. The van der Waals surface area contributed by atoms with E-state index in [0.717, 1.165) is 42.4 Å². The van der Waals surface area contributed by atoms with Crippen LogP contribution >= 0.6 is 15.9 Å². The fourth-order valence-corrected chi connectivity index (χ4v) is 6.21. The highest BCUT2D eigenvalue weighted by Gasteiger charge is 2.40. The Hall–Kier alpha value is -3.16. The van der Waals surface area contributed by atoms with Crippen LogP contribution in [0.25, 0.3) is 10.9 Å². The minimum atomic E-state index is -0.178.